The zero-order valence-electron chi connectivity index (χ0n) is 8.06. The summed E-state index contributed by atoms with van der Waals surface area (Å²) in [6, 6.07) is 4.04. The fraction of sp³-hybridized carbons (Fsp3) is 0.111. The monoisotopic (exact) mass is 240 g/mol. The molecule has 16 heavy (non-hydrogen) atoms. The highest BCUT2D eigenvalue weighted by atomic mass is 35.5. The van der Waals surface area contributed by atoms with Gasteiger partial charge in [0.05, 0.1) is 12.0 Å². The van der Waals surface area contributed by atoms with E-state index in [-0.39, 0.29) is 16.9 Å². The van der Waals surface area contributed by atoms with Crippen LogP contribution in [0.5, 0.6) is 5.75 Å². The summed E-state index contributed by atoms with van der Waals surface area (Å²) < 4.78 is 4.78. The standard InChI is InChI=1S/C9H5ClN2O4/c1-16-7-3-2-5(9(10)13)8(12(14)15)6(7)4-11/h2-3H,1H3. The Morgan fingerprint density at radius 1 is 1.62 bits per heavy atom. The SMILES string of the molecule is COc1ccc(C(=O)Cl)c([N+](=O)[O-])c1C#N. The Morgan fingerprint density at radius 2 is 2.25 bits per heavy atom. The van der Waals surface area contributed by atoms with Gasteiger partial charge in [0.15, 0.2) is 5.56 Å². The Hall–Kier alpha value is -2.13. The van der Waals surface area contributed by atoms with Crippen LogP contribution >= 0.6 is 11.6 Å². The van der Waals surface area contributed by atoms with E-state index in [1.807, 2.05) is 0 Å². The number of nitrogens with zero attached hydrogens (tertiary/aromatic N) is 2. The first-order valence-corrected chi connectivity index (χ1v) is 4.36. The van der Waals surface area contributed by atoms with E-state index in [0.717, 1.165) is 6.07 Å². The lowest BCUT2D eigenvalue weighted by Gasteiger charge is -2.04. The molecule has 0 bridgehead atoms. The Kier molecular flexibility index (Phi) is 3.43. The van der Waals surface area contributed by atoms with Gasteiger partial charge in [-0.05, 0) is 23.7 Å². The molecule has 0 fully saturated rings. The first-order valence-electron chi connectivity index (χ1n) is 3.98. The number of hydrogen-bond donors (Lipinski definition) is 0. The van der Waals surface area contributed by atoms with Crippen LogP contribution in [0.15, 0.2) is 12.1 Å². The molecule has 0 spiro atoms. The van der Waals surface area contributed by atoms with Gasteiger partial charge in [-0.15, -0.1) is 0 Å². The molecular formula is C9H5ClN2O4. The highest BCUT2D eigenvalue weighted by Gasteiger charge is 2.26. The number of nitro benzene ring substituents is 1. The fourth-order valence-corrected chi connectivity index (χ4v) is 1.35. The summed E-state index contributed by atoms with van der Waals surface area (Å²) in [5.41, 5.74) is -1.29. The Morgan fingerprint density at radius 3 is 2.62 bits per heavy atom. The Balaban J connectivity index is 3.65. The van der Waals surface area contributed by atoms with Crippen molar-refractivity contribution in [3.05, 3.63) is 33.4 Å². The number of carbonyl (C=O) groups excluding carboxylic acids is 1. The van der Waals surface area contributed by atoms with Gasteiger partial charge in [-0.2, -0.15) is 5.26 Å². The topological polar surface area (TPSA) is 93.2 Å². The van der Waals surface area contributed by atoms with E-state index in [1.165, 1.54) is 13.2 Å². The first-order chi connectivity index (χ1) is 7.52. The molecule has 0 aromatic heterocycles. The molecule has 0 aliphatic carbocycles. The van der Waals surface area contributed by atoms with Crippen molar-refractivity contribution < 1.29 is 14.5 Å². The molecule has 0 radical (unpaired) electrons. The Labute approximate surface area is 95.2 Å². The van der Waals surface area contributed by atoms with Crippen LogP contribution < -0.4 is 4.74 Å². The molecule has 1 rings (SSSR count). The molecule has 7 heteroatoms. The highest BCUT2D eigenvalue weighted by Crippen LogP contribution is 2.32. The third kappa shape index (κ3) is 1.94. The molecule has 0 aliphatic rings. The van der Waals surface area contributed by atoms with Crippen LogP contribution in [0.2, 0.25) is 0 Å². The summed E-state index contributed by atoms with van der Waals surface area (Å²) in [7, 11) is 1.27. The number of benzene rings is 1. The Bertz CT molecular complexity index is 507. The van der Waals surface area contributed by atoms with Gasteiger partial charge in [-0.3, -0.25) is 14.9 Å². The molecule has 0 unspecified atom stereocenters. The van der Waals surface area contributed by atoms with E-state index in [0.29, 0.717) is 0 Å². The molecule has 0 N–H and O–H groups in total. The van der Waals surface area contributed by atoms with Crippen LogP contribution in [-0.4, -0.2) is 17.3 Å². The van der Waals surface area contributed by atoms with Crippen molar-refractivity contribution in [2.24, 2.45) is 0 Å². The van der Waals surface area contributed by atoms with Crippen LogP contribution in [-0.2, 0) is 0 Å². The minimum atomic E-state index is -0.995. The maximum absolute atomic E-state index is 10.9. The summed E-state index contributed by atoms with van der Waals surface area (Å²) in [5.74, 6) is 0.0240. The molecule has 1 aromatic carbocycles. The lowest BCUT2D eigenvalue weighted by molar-refractivity contribution is -0.385. The second kappa shape index (κ2) is 4.59. The van der Waals surface area contributed by atoms with Crippen LogP contribution in [0.25, 0.3) is 0 Å². The third-order valence-electron chi connectivity index (χ3n) is 1.87. The maximum atomic E-state index is 10.9. The minimum absolute atomic E-state index is 0.0240. The third-order valence-corrected chi connectivity index (χ3v) is 2.07. The van der Waals surface area contributed by atoms with Crippen LogP contribution in [0.1, 0.15) is 15.9 Å². The number of rotatable bonds is 3. The van der Waals surface area contributed by atoms with Crippen molar-refractivity contribution in [1.29, 1.82) is 5.26 Å². The number of hydrogen-bond acceptors (Lipinski definition) is 5. The predicted molar refractivity (Wildman–Crippen MR) is 54.5 cm³/mol. The fourth-order valence-electron chi connectivity index (χ4n) is 1.20. The van der Waals surface area contributed by atoms with Crippen molar-refractivity contribution in [2.75, 3.05) is 7.11 Å². The van der Waals surface area contributed by atoms with Crippen molar-refractivity contribution in [1.82, 2.24) is 0 Å². The molecule has 0 aliphatic heterocycles. The lowest BCUT2D eigenvalue weighted by atomic mass is 10.1. The van der Waals surface area contributed by atoms with Crippen LogP contribution in [0.4, 0.5) is 5.69 Å². The predicted octanol–water partition coefficient (Wildman–Crippen LogP) is 1.85. The number of methoxy groups -OCH3 is 1. The van der Waals surface area contributed by atoms with Gasteiger partial charge in [0.25, 0.3) is 5.24 Å². The molecule has 6 nitrogen and oxygen atoms in total. The van der Waals surface area contributed by atoms with E-state index < -0.39 is 15.9 Å². The summed E-state index contributed by atoms with van der Waals surface area (Å²) in [5, 5.41) is 18.6. The molecule has 0 atom stereocenters. The van der Waals surface area contributed by atoms with Gasteiger partial charge in [0, 0.05) is 0 Å². The normalized spacial score (nSPS) is 9.31. The van der Waals surface area contributed by atoms with Gasteiger partial charge in [0.1, 0.15) is 17.4 Å². The van der Waals surface area contributed by atoms with Gasteiger partial charge in [-0.1, -0.05) is 0 Å². The van der Waals surface area contributed by atoms with E-state index >= 15 is 0 Å². The van der Waals surface area contributed by atoms with Gasteiger partial charge < -0.3 is 4.74 Å². The van der Waals surface area contributed by atoms with Crippen molar-refractivity contribution in [2.45, 2.75) is 0 Å². The van der Waals surface area contributed by atoms with Crippen molar-refractivity contribution in [3.63, 3.8) is 0 Å². The van der Waals surface area contributed by atoms with Gasteiger partial charge in [0.2, 0.25) is 0 Å². The molecular weight excluding hydrogens is 236 g/mol. The zero-order chi connectivity index (χ0) is 12.3. The molecule has 0 heterocycles. The summed E-state index contributed by atoms with van der Waals surface area (Å²) >= 11 is 5.18. The molecule has 0 saturated carbocycles. The molecule has 0 saturated heterocycles. The van der Waals surface area contributed by atoms with Crippen LogP contribution in [0.3, 0.4) is 0 Å². The number of halogens is 1. The van der Waals surface area contributed by atoms with Crippen LogP contribution in [0, 0.1) is 21.4 Å². The lowest BCUT2D eigenvalue weighted by Crippen LogP contribution is -2.03. The van der Waals surface area contributed by atoms with E-state index in [4.69, 9.17) is 21.6 Å². The van der Waals surface area contributed by atoms with Crippen molar-refractivity contribution >= 4 is 22.5 Å². The average molecular weight is 241 g/mol. The zero-order valence-corrected chi connectivity index (χ0v) is 8.82. The minimum Gasteiger partial charge on any atom is -0.495 e. The van der Waals surface area contributed by atoms with E-state index in [1.54, 1.807) is 6.07 Å². The van der Waals surface area contributed by atoms with E-state index in [9.17, 15) is 14.9 Å². The maximum Gasteiger partial charge on any atom is 0.302 e. The average Bonchev–Trinajstić information content (AvgIpc) is 2.26. The van der Waals surface area contributed by atoms with E-state index in [2.05, 4.69) is 0 Å². The quantitative estimate of drug-likeness (QED) is 0.457. The number of nitriles is 1. The molecule has 0 amide bonds. The molecule has 82 valence electrons. The highest BCUT2D eigenvalue weighted by molar-refractivity contribution is 6.68. The van der Waals surface area contributed by atoms with Gasteiger partial charge >= 0.3 is 5.69 Å². The number of carbonyl (C=O) groups is 1. The first kappa shape index (κ1) is 11.9. The van der Waals surface area contributed by atoms with Crippen molar-refractivity contribution in [3.8, 4) is 11.8 Å². The number of ether oxygens (including phenoxy) is 1. The number of nitro groups is 1. The largest absolute Gasteiger partial charge is 0.495 e. The smallest absolute Gasteiger partial charge is 0.302 e. The summed E-state index contributed by atoms with van der Waals surface area (Å²) in [4.78, 5) is 20.9. The molecule has 1 aromatic rings. The summed E-state index contributed by atoms with van der Waals surface area (Å²) in [6.45, 7) is 0. The second-order valence-corrected chi connectivity index (χ2v) is 3.02. The van der Waals surface area contributed by atoms with Gasteiger partial charge in [-0.25, -0.2) is 0 Å². The second-order valence-electron chi connectivity index (χ2n) is 2.68. The summed E-state index contributed by atoms with van der Waals surface area (Å²) in [6.07, 6.45) is 0.